The van der Waals surface area contributed by atoms with Crippen molar-refractivity contribution in [2.75, 3.05) is 23.3 Å². The monoisotopic (exact) mass is 327 g/mol. The summed E-state index contributed by atoms with van der Waals surface area (Å²) in [5.41, 5.74) is 1.74. The van der Waals surface area contributed by atoms with Gasteiger partial charge in [0.05, 0.1) is 18.3 Å². The van der Waals surface area contributed by atoms with Crippen LogP contribution in [0, 0.1) is 5.82 Å². The van der Waals surface area contributed by atoms with E-state index in [1.54, 1.807) is 12.1 Å². The molecule has 1 aliphatic rings. The van der Waals surface area contributed by atoms with Crippen molar-refractivity contribution in [2.45, 2.75) is 32.1 Å². The molecule has 1 aliphatic heterocycles. The highest BCUT2D eigenvalue weighted by atomic mass is 19.1. The van der Waals surface area contributed by atoms with Gasteiger partial charge < -0.3 is 10.2 Å². The second-order valence-electron chi connectivity index (χ2n) is 6.16. The van der Waals surface area contributed by atoms with Crippen LogP contribution in [0.1, 0.15) is 31.2 Å². The number of benzene rings is 1. The topological polar surface area (TPSA) is 45.2 Å². The van der Waals surface area contributed by atoms with Crippen LogP contribution >= 0.6 is 0 Å². The molecule has 0 radical (unpaired) electrons. The molecular weight excluding hydrogens is 305 g/mol. The SMILES string of the molecule is O=C(Cc1cccc(F)c1)Nc1ccc(N2CCCCCC2)cn1. The molecule has 5 heteroatoms. The molecule has 2 heterocycles. The van der Waals surface area contributed by atoms with Crippen molar-refractivity contribution in [3.63, 3.8) is 0 Å². The third kappa shape index (κ3) is 4.54. The minimum Gasteiger partial charge on any atom is -0.370 e. The van der Waals surface area contributed by atoms with Gasteiger partial charge in [0.15, 0.2) is 0 Å². The molecule has 1 N–H and O–H groups in total. The molecule has 0 bridgehead atoms. The summed E-state index contributed by atoms with van der Waals surface area (Å²) in [4.78, 5) is 18.7. The summed E-state index contributed by atoms with van der Waals surface area (Å²) in [6.07, 6.45) is 6.95. The second-order valence-corrected chi connectivity index (χ2v) is 6.16. The lowest BCUT2D eigenvalue weighted by Gasteiger charge is -2.22. The van der Waals surface area contributed by atoms with Gasteiger partial charge in [0.1, 0.15) is 11.6 Å². The lowest BCUT2D eigenvalue weighted by atomic mass is 10.1. The number of rotatable bonds is 4. The van der Waals surface area contributed by atoms with Crippen molar-refractivity contribution in [3.8, 4) is 0 Å². The third-order valence-corrected chi connectivity index (χ3v) is 4.24. The number of carbonyl (C=O) groups excluding carboxylic acids is 1. The first kappa shape index (κ1) is 16.4. The zero-order chi connectivity index (χ0) is 16.8. The molecule has 0 atom stereocenters. The number of nitrogens with one attached hydrogen (secondary N) is 1. The number of hydrogen-bond donors (Lipinski definition) is 1. The Kier molecular flexibility index (Phi) is 5.41. The number of halogens is 1. The van der Waals surface area contributed by atoms with Crippen LogP contribution in [-0.4, -0.2) is 24.0 Å². The molecule has 24 heavy (non-hydrogen) atoms. The number of nitrogens with zero attached hydrogens (tertiary/aromatic N) is 2. The van der Waals surface area contributed by atoms with E-state index in [1.807, 2.05) is 18.3 Å². The predicted molar refractivity (Wildman–Crippen MR) is 93.7 cm³/mol. The van der Waals surface area contributed by atoms with E-state index in [4.69, 9.17) is 0 Å². The molecule has 0 spiro atoms. The Balaban J connectivity index is 1.58. The standard InChI is InChI=1S/C19H22FN3O/c20-16-7-5-6-15(12-16)13-19(24)22-18-9-8-17(14-21-18)23-10-3-1-2-4-11-23/h5-9,12,14H,1-4,10-11,13H2,(H,21,22,24). The molecule has 1 aromatic carbocycles. The van der Waals surface area contributed by atoms with Gasteiger partial charge in [0, 0.05) is 13.1 Å². The van der Waals surface area contributed by atoms with E-state index in [0.29, 0.717) is 11.4 Å². The maximum absolute atomic E-state index is 13.1. The Morgan fingerprint density at radius 3 is 2.58 bits per heavy atom. The molecule has 1 amide bonds. The van der Waals surface area contributed by atoms with Gasteiger partial charge in [-0.3, -0.25) is 4.79 Å². The summed E-state index contributed by atoms with van der Waals surface area (Å²) >= 11 is 0. The minimum atomic E-state index is -0.333. The molecule has 2 aromatic rings. The highest BCUT2D eigenvalue weighted by Crippen LogP contribution is 2.19. The van der Waals surface area contributed by atoms with E-state index in [0.717, 1.165) is 18.8 Å². The molecule has 4 nitrogen and oxygen atoms in total. The Hall–Kier alpha value is -2.43. The highest BCUT2D eigenvalue weighted by Gasteiger charge is 2.11. The van der Waals surface area contributed by atoms with Gasteiger partial charge in [-0.2, -0.15) is 0 Å². The molecule has 1 fully saturated rings. The molecule has 126 valence electrons. The summed E-state index contributed by atoms with van der Waals surface area (Å²) in [6.45, 7) is 2.12. The van der Waals surface area contributed by atoms with Crippen molar-refractivity contribution in [1.29, 1.82) is 0 Å². The number of aromatic nitrogens is 1. The van der Waals surface area contributed by atoms with Crippen molar-refractivity contribution >= 4 is 17.4 Å². The first-order chi connectivity index (χ1) is 11.7. The average Bonchev–Trinajstić information content (AvgIpc) is 2.85. The van der Waals surface area contributed by atoms with E-state index in [1.165, 1.54) is 37.8 Å². The van der Waals surface area contributed by atoms with Crippen LogP contribution in [0.2, 0.25) is 0 Å². The molecule has 3 rings (SSSR count). The first-order valence-corrected chi connectivity index (χ1v) is 8.46. The fourth-order valence-electron chi connectivity index (χ4n) is 3.00. The maximum atomic E-state index is 13.1. The van der Waals surface area contributed by atoms with Gasteiger partial charge in [-0.25, -0.2) is 9.37 Å². The average molecular weight is 327 g/mol. The number of amides is 1. The van der Waals surface area contributed by atoms with Crippen molar-refractivity contribution in [2.24, 2.45) is 0 Å². The van der Waals surface area contributed by atoms with E-state index in [-0.39, 0.29) is 18.1 Å². The van der Waals surface area contributed by atoms with Crippen LogP contribution in [0.5, 0.6) is 0 Å². The smallest absolute Gasteiger partial charge is 0.229 e. The Morgan fingerprint density at radius 1 is 1.12 bits per heavy atom. The number of anilines is 2. The van der Waals surface area contributed by atoms with Gasteiger partial charge in [0.2, 0.25) is 5.91 Å². The fourth-order valence-corrected chi connectivity index (χ4v) is 3.00. The van der Waals surface area contributed by atoms with Gasteiger partial charge in [-0.15, -0.1) is 0 Å². The van der Waals surface area contributed by atoms with Crippen molar-refractivity contribution in [3.05, 3.63) is 54.0 Å². The van der Waals surface area contributed by atoms with Gasteiger partial charge in [0.25, 0.3) is 0 Å². The maximum Gasteiger partial charge on any atom is 0.229 e. The summed E-state index contributed by atoms with van der Waals surface area (Å²) in [5, 5.41) is 2.76. The van der Waals surface area contributed by atoms with E-state index < -0.39 is 0 Å². The number of hydrogen-bond acceptors (Lipinski definition) is 3. The lowest BCUT2D eigenvalue weighted by molar-refractivity contribution is -0.115. The van der Waals surface area contributed by atoms with Crippen LogP contribution in [0.15, 0.2) is 42.6 Å². The highest BCUT2D eigenvalue weighted by molar-refractivity contribution is 5.91. The van der Waals surface area contributed by atoms with Crippen LogP contribution in [0.3, 0.4) is 0 Å². The van der Waals surface area contributed by atoms with E-state index >= 15 is 0 Å². The zero-order valence-electron chi connectivity index (χ0n) is 13.7. The molecule has 1 aromatic heterocycles. The largest absolute Gasteiger partial charge is 0.370 e. The quantitative estimate of drug-likeness (QED) is 0.929. The Morgan fingerprint density at radius 2 is 1.92 bits per heavy atom. The van der Waals surface area contributed by atoms with E-state index in [2.05, 4.69) is 15.2 Å². The number of carbonyl (C=O) groups is 1. The Bertz CT molecular complexity index is 679. The zero-order valence-corrected chi connectivity index (χ0v) is 13.7. The van der Waals surface area contributed by atoms with Gasteiger partial charge in [-0.05, 0) is 42.7 Å². The normalized spacial score (nSPS) is 15.0. The molecule has 0 unspecified atom stereocenters. The van der Waals surface area contributed by atoms with Crippen LogP contribution in [0.25, 0.3) is 0 Å². The molecule has 1 saturated heterocycles. The van der Waals surface area contributed by atoms with Gasteiger partial charge >= 0.3 is 0 Å². The fraction of sp³-hybridized carbons (Fsp3) is 0.368. The lowest BCUT2D eigenvalue weighted by Crippen LogP contribution is -2.24. The van der Waals surface area contributed by atoms with Crippen molar-refractivity contribution < 1.29 is 9.18 Å². The summed E-state index contributed by atoms with van der Waals surface area (Å²) in [7, 11) is 0. The molecule has 0 saturated carbocycles. The molecular formula is C19H22FN3O. The van der Waals surface area contributed by atoms with Crippen LogP contribution in [0.4, 0.5) is 15.9 Å². The minimum absolute atomic E-state index is 0.132. The Labute approximate surface area is 141 Å². The van der Waals surface area contributed by atoms with E-state index in [9.17, 15) is 9.18 Å². The first-order valence-electron chi connectivity index (χ1n) is 8.46. The third-order valence-electron chi connectivity index (χ3n) is 4.24. The molecule has 0 aliphatic carbocycles. The summed E-state index contributed by atoms with van der Waals surface area (Å²) in [6, 6.07) is 9.89. The van der Waals surface area contributed by atoms with Crippen LogP contribution < -0.4 is 10.2 Å². The second kappa shape index (κ2) is 7.90. The summed E-state index contributed by atoms with van der Waals surface area (Å²) in [5.74, 6) is -0.00850. The van der Waals surface area contributed by atoms with Gasteiger partial charge in [-0.1, -0.05) is 25.0 Å². The van der Waals surface area contributed by atoms with Crippen molar-refractivity contribution in [1.82, 2.24) is 4.98 Å². The van der Waals surface area contributed by atoms with Crippen LogP contribution in [-0.2, 0) is 11.2 Å². The predicted octanol–water partition coefficient (Wildman–Crippen LogP) is 3.78. The number of pyridine rings is 1. The summed E-state index contributed by atoms with van der Waals surface area (Å²) < 4.78 is 13.1.